The van der Waals surface area contributed by atoms with Crippen molar-refractivity contribution in [3.05, 3.63) is 76.4 Å². The minimum atomic E-state index is -0.256. The Kier molecular flexibility index (Phi) is 8.56. The van der Waals surface area contributed by atoms with Crippen LogP contribution in [0.5, 0.6) is 5.75 Å². The van der Waals surface area contributed by atoms with Crippen LogP contribution in [-0.2, 0) is 4.79 Å². The number of thioether (sulfide) groups is 1. The monoisotopic (exact) mass is 563 g/mol. The number of hydrogen-bond donors (Lipinski definition) is 3. The summed E-state index contributed by atoms with van der Waals surface area (Å²) in [5, 5.41) is 9.47. The van der Waals surface area contributed by atoms with Gasteiger partial charge in [0.15, 0.2) is 5.11 Å². The van der Waals surface area contributed by atoms with Crippen molar-refractivity contribution in [2.75, 3.05) is 23.1 Å². The molecule has 3 aromatic rings. The van der Waals surface area contributed by atoms with Crippen LogP contribution in [0.15, 0.2) is 77.7 Å². The topological polar surface area (TPSA) is 62.4 Å². The van der Waals surface area contributed by atoms with Crippen LogP contribution in [0.1, 0.15) is 6.92 Å². The lowest BCUT2D eigenvalue weighted by molar-refractivity contribution is -0.115. The van der Waals surface area contributed by atoms with Gasteiger partial charge in [0.2, 0.25) is 5.91 Å². The van der Waals surface area contributed by atoms with E-state index in [0.717, 1.165) is 25.5 Å². The molecule has 0 heterocycles. The van der Waals surface area contributed by atoms with Gasteiger partial charge in [0.05, 0.1) is 18.0 Å². The van der Waals surface area contributed by atoms with Crippen LogP contribution in [0.2, 0.25) is 0 Å². The molecule has 1 unspecified atom stereocenters. The summed E-state index contributed by atoms with van der Waals surface area (Å²) in [6, 6.07) is 23.1. The summed E-state index contributed by atoms with van der Waals surface area (Å²) in [4.78, 5) is 13.5. The number of methoxy groups -OCH3 is 1. The van der Waals surface area contributed by atoms with Crippen LogP contribution in [0.3, 0.4) is 0 Å². The van der Waals surface area contributed by atoms with Crippen molar-refractivity contribution in [3.63, 3.8) is 0 Å². The Morgan fingerprint density at radius 2 is 1.71 bits per heavy atom. The SMILES string of the molecule is COc1ccccc1NC(=S)Nc1cccc(SC(C)C(=O)Nc2ccc(I)cc2)c1. The number of thiocarbonyl (C=S) groups is 1. The van der Waals surface area contributed by atoms with E-state index in [2.05, 4.69) is 38.5 Å². The number of anilines is 3. The number of ether oxygens (including phenoxy) is 1. The van der Waals surface area contributed by atoms with Crippen molar-refractivity contribution >= 4 is 74.7 Å². The average molecular weight is 563 g/mol. The third-order valence-electron chi connectivity index (χ3n) is 4.24. The number of nitrogens with one attached hydrogen (secondary N) is 3. The number of benzene rings is 3. The lowest BCUT2D eigenvalue weighted by Crippen LogP contribution is -2.22. The predicted molar refractivity (Wildman–Crippen MR) is 142 cm³/mol. The summed E-state index contributed by atoms with van der Waals surface area (Å²) in [7, 11) is 1.62. The van der Waals surface area contributed by atoms with Gasteiger partial charge >= 0.3 is 0 Å². The molecule has 0 aliphatic carbocycles. The van der Waals surface area contributed by atoms with E-state index < -0.39 is 0 Å². The first kappa shape index (κ1) is 23.4. The molecule has 0 fully saturated rings. The first-order valence-corrected chi connectivity index (χ1v) is 11.9. The molecule has 0 aliphatic heterocycles. The van der Waals surface area contributed by atoms with Gasteiger partial charge < -0.3 is 20.7 Å². The summed E-state index contributed by atoms with van der Waals surface area (Å²) in [5.41, 5.74) is 2.41. The highest BCUT2D eigenvalue weighted by Gasteiger charge is 2.15. The zero-order chi connectivity index (χ0) is 22.2. The van der Waals surface area contributed by atoms with Gasteiger partial charge in [-0.1, -0.05) is 18.2 Å². The molecule has 1 atom stereocenters. The number of para-hydroxylation sites is 2. The van der Waals surface area contributed by atoms with E-state index in [1.165, 1.54) is 11.8 Å². The number of carbonyl (C=O) groups is 1. The molecular formula is C23H22IN3O2S2. The molecule has 0 saturated heterocycles. The molecule has 0 radical (unpaired) electrons. The third kappa shape index (κ3) is 7.12. The van der Waals surface area contributed by atoms with Crippen LogP contribution in [-0.4, -0.2) is 23.4 Å². The molecule has 31 heavy (non-hydrogen) atoms. The van der Waals surface area contributed by atoms with E-state index in [4.69, 9.17) is 17.0 Å². The van der Waals surface area contributed by atoms with Crippen LogP contribution in [0.25, 0.3) is 0 Å². The number of amides is 1. The number of halogens is 1. The maximum absolute atomic E-state index is 12.5. The molecule has 5 nitrogen and oxygen atoms in total. The normalized spacial score (nSPS) is 11.3. The first-order valence-electron chi connectivity index (χ1n) is 9.49. The minimum absolute atomic E-state index is 0.0436. The Hall–Kier alpha value is -2.30. The highest BCUT2D eigenvalue weighted by molar-refractivity contribution is 14.1. The number of hydrogen-bond acceptors (Lipinski definition) is 4. The molecule has 160 valence electrons. The fourth-order valence-corrected chi connectivity index (χ4v) is 4.23. The van der Waals surface area contributed by atoms with Crippen molar-refractivity contribution in [1.82, 2.24) is 0 Å². The maximum Gasteiger partial charge on any atom is 0.237 e. The predicted octanol–water partition coefficient (Wildman–Crippen LogP) is 6.23. The van der Waals surface area contributed by atoms with Gasteiger partial charge in [-0.2, -0.15) is 0 Å². The van der Waals surface area contributed by atoms with Crippen molar-refractivity contribution in [2.45, 2.75) is 17.1 Å². The lowest BCUT2D eigenvalue weighted by atomic mass is 10.3. The van der Waals surface area contributed by atoms with Gasteiger partial charge in [0.25, 0.3) is 0 Å². The second-order valence-corrected chi connectivity index (χ2v) is 9.63. The van der Waals surface area contributed by atoms with Gasteiger partial charge in [-0.05, 0) is 96.3 Å². The molecule has 0 bridgehead atoms. The van der Waals surface area contributed by atoms with Crippen molar-refractivity contribution in [1.29, 1.82) is 0 Å². The highest BCUT2D eigenvalue weighted by atomic mass is 127. The van der Waals surface area contributed by atoms with Crippen molar-refractivity contribution in [3.8, 4) is 5.75 Å². The highest BCUT2D eigenvalue weighted by Crippen LogP contribution is 2.27. The van der Waals surface area contributed by atoms with Gasteiger partial charge in [-0.15, -0.1) is 11.8 Å². The molecule has 0 aromatic heterocycles. The van der Waals surface area contributed by atoms with E-state index in [0.29, 0.717) is 10.9 Å². The molecule has 0 aliphatic rings. The van der Waals surface area contributed by atoms with E-state index >= 15 is 0 Å². The van der Waals surface area contributed by atoms with E-state index in [1.807, 2.05) is 79.7 Å². The van der Waals surface area contributed by atoms with E-state index in [9.17, 15) is 4.79 Å². The van der Waals surface area contributed by atoms with Gasteiger partial charge in [0.1, 0.15) is 5.75 Å². The van der Waals surface area contributed by atoms with Crippen LogP contribution < -0.4 is 20.7 Å². The van der Waals surface area contributed by atoms with E-state index in [-0.39, 0.29) is 11.2 Å². The Balaban J connectivity index is 1.58. The largest absolute Gasteiger partial charge is 0.495 e. The summed E-state index contributed by atoms with van der Waals surface area (Å²) >= 11 is 9.16. The standard InChI is InChI=1S/C23H22IN3O2S2/c1-15(22(28)25-17-12-10-16(24)11-13-17)31-19-7-5-6-18(14-19)26-23(30)27-20-8-3-4-9-21(20)29-2/h3-15H,1-2H3,(H,25,28)(H2,26,27,30). The third-order valence-corrected chi connectivity index (χ3v) is 6.26. The summed E-state index contributed by atoms with van der Waals surface area (Å²) < 4.78 is 6.46. The fourth-order valence-electron chi connectivity index (χ4n) is 2.71. The van der Waals surface area contributed by atoms with Gasteiger partial charge in [-0.3, -0.25) is 4.79 Å². The molecule has 0 saturated carbocycles. The fraction of sp³-hybridized carbons (Fsp3) is 0.130. The van der Waals surface area contributed by atoms with Gasteiger partial charge in [0, 0.05) is 19.8 Å². The Labute approximate surface area is 205 Å². The van der Waals surface area contributed by atoms with Gasteiger partial charge in [-0.25, -0.2) is 0 Å². The Bertz CT molecular complexity index is 1060. The second kappa shape index (κ2) is 11.4. The Morgan fingerprint density at radius 3 is 2.45 bits per heavy atom. The van der Waals surface area contributed by atoms with Crippen molar-refractivity contribution < 1.29 is 9.53 Å². The average Bonchev–Trinajstić information content (AvgIpc) is 2.76. The van der Waals surface area contributed by atoms with Crippen molar-refractivity contribution in [2.24, 2.45) is 0 Å². The smallest absolute Gasteiger partial charge is 0.237 e. The molecule has 0 spiro atoms. The molecule has 1 amide bonds. The lowest BCUT2D eigenvalue weighted by Gasteiger charge is -2.15. The van der Waals surface area contributed by atoms with Crippen LogP contribution >= 0.6 is 46.6 Å². The molecule has 3 N–H and O–H groups in total. The molecule has 3 aromatic carbocycles. The molecule has 3 rings (SSSR count). The van der Waals surface area contributed by atoms with Crippen LogP contribution in [0, 0.1) is 3.57 Å². The molecule has 8 heteroatoms. The number of carbonyl (C=O) groups excluding carboxylic acids is 1. The zero-order valence-electron chi connectivity index (χ0n) is 17.0. The maximum atomic E-state index is 12.5. The zero-order valence-corrected chi connectivity index (χ0v) is 20.8. The summed E-state index contributed by atoms with van der Waals surface area (Å²) in [6.07, 6.45) is 0. The van der Waals surface area contributed by atoms with Crippen LogP contribution in [0.4, 0.5) is 17.1 Å². The quantitative estimate of drug-likeness (QED) is 0.180. The number of rotatable bonds is 7. The summed E-state index contributed by atoms with van der Waals surface area (Å²) in [5.74, 6) is 0.668. The minimum Gasteiger partial charge on any atom is -0.495 e. The first-order chi connectivity index (χ1) is 14.9. The van der Waals surface area contributed by atoms with E-state index in [1.54, 1.807) is 7.11 Å². The molecular weight excluding hydrogens is 541 g/mol. The summed E-state index contributed by atoms with van der Waals surface area (Å²) in [6.45, 7) is 1.89. The second-order valence-electron chi connectivity index (χ2n) is 6.56. The Morgan fingerprint density at radius 1 is 0.968 bits per heavy atom.